The van der Waals surface area contributed by atoms with E-state index in [4.69, 9.17) is 14.2 Å². The second-order valence-corrected chi connectivity index (χ2v) is 8.95. The van der Waals surface area contributed by atoms with Crippen molar-refractivity contribution in [3.8, 4) is 11.5 Å². The molecule has 1 saturated heterocycles. The molecular formula is C26H29N3O5S. The Balaban J connectivity index is 1.47. The van der Waals surface area contributed by atoms with E-state index in [1.54, 1.807) is 44.6 Å². The standard InChI is InChI=1S/C26H29N3O5S/c1-32-22-9-8-18(16-23(22)33-2)21(29-10-12-34-13-11-29)17-27-25(30)19-5-3-6-20(15-19)28-26(31)24-7-4-14-35-24/h3-9,14-16,21H,10-13,17H2,1-2H3,(H,27,30)(H,28,31). The van der Waals surface area contributed by atoms with Crippen LogP contribution in [0.15, 0.2) is 60.0 Å². The largest absolute Gasteiger partial charge is 0.493 e. The van der Waals surface area contributed by atoms with E-state index in [1.807, 2.05) is 29.6 Å². The molecule has 1 aliphatic heterocycles. The normalized spacial score (nSPS) is 14.7. The second kappa shape index (κ2) is 11.8. The van der Waals surface area contributed by atoms with Crippen molar-refractivity contribution >= 4 is 28.8 Å². The Morgan fingerprint density at radius 3 is 2.51 bits per heavy atom. The molecule has 8 nitrogen and oxygen atoms in total. The molecule has 3 aromatic rings. The molecule has 2 aromatic carbocycles. The second-order valence-electron chi connectivity index (χ2n) is 8.00. The Hall–Kier alpha value is -3.40. The summed E-state index contributed by atoms with van der Waals surface area (Å²) in [5.74, 6) is 0.889. The van der Waals surface area contributed by atoms with Gasteiger partial charge in [0.1, 0.15) is 0 Å². The van der Waals surface area contributed by atoms with E-state index in [9.17, 15) is 9.59 Å². The fourth-order valence-electron chi connectivity index (χ4n) is 4.04. The molecule has 2 amide bonds. The molecule has 0 radical (unpaired) electrons. The Morgan fingerprint density at radius 2 is 1.80 bits per heavy atom. The fourth-order valence-corrected chi connectivity index (χ4v) is 4.66. The zero-order chi connectivity index (χ0) is 24.6. The molecule has 0 bridgehead atoms. The molecule has 0 aliphatic carbocycles. The Bertz CT molecular complexity index is 1150. The smallest absolute Gasteiger partial charge is 0.265 e. The minimum atomic E-state index is -0.212. The van der Waals surface area contributed by atoms with E-state index < -0.39 is 0 Å². The third-order valence-electron chi connectivity index (χ3n) is 5.86. The molecule has 9 heteroatoms. The third kappa shape index (κ3) is 6.19. The molecule has 2 N–H and O–H groups in total. The van der Waals surface area contributed by atoms with Crippen LogP contribution in [-0.2, 0) is 4.74 Å². The zero-order valence-corrected chi connectivity index (χ0v) is 20.6. The SMILES string of the molecule is COc1ccc(C(CNC(=O)c2cccc(NC(=O)c3cccs3)c2)N2CCOCC2)cc1OC. The summed E-state index contributed by atoms with van der Waals surface area (Å²) in [6.07, 6.45) is 0. The van der Waals surface area contributed by atoms with Gasteiger partial charge in [-0.3, -0.25) is 14.5 Å². The van der Waals surface area contributed by atoms with Gasteiger partial charge in [0.25, 0.3) is 11.8 Å². The van der Waals surface area contributed by atoms with E-state index in [0.717, 1.165) is 18.7 Å². The lowest BCUT2D eigenvalue weighted by molar-refractivity contribution is 0.0162. The lowest BCUT2D eigenvalue weighted by Gasteiger charge is -2.35. The molecule has 35 heavy (non-hydrogen) atoms. The van der Waals surface area contributed by atoms with Gasteiger partial charge in [-0.1, -0.05) is 18.2 Å². The Labute approximate surface area is 208 Å². The highest BCUT2D eigenvalue weighted by atomic mass is 32.1. The summed E-state index contributed by atoms with van der Waals surface area (Å²) in [4.78, 5) is 28.3. The van der Waals surface area contributed by atoms with Gasteiger partial charge in [-0.25, -0.2) is 0 Å². The van der Waals surface area contributed by atoms with E-state index in [2.05, 4.69) is 15.5 Å². The Kier molecular flexibility index (Phi) is 8.36. The van der Waals surface area contributed by atoms with Gasteiger partial charge < -0.3 is 24.8 Å². The van der Waals surface area contributed by atoms with Crippen LogP contribution in [0.4, 0.5) is 5.69 Å². The van der Waals surface area contributed by atoms with Gasteiger partial charge in [0.15, 0.2) is 11.5 Å². The minimum Gasteiger partial charge on any atom is -0.493 e. The predicted molar refractivity (Wildman–Crippen MR) is 136 cm³/mol. The summed E-state index contributed by atoms with van der Waals surface area (Å²) in [5, 5.41) is 7.76. The number of nitrogens with one attached hydrogen (secondary N) is 2. The van der Waals surface area contributed by atoms with Crippen LogP contribution < -0.4 is 20.1 Å². The number of thiophene rings is 1. The van der Waals surface area contributed by atoms with E-state index in [-0.39, 0.29) is 17.9 Å². The van der Waals surface area contributed by atoms with Gasteiger partial charge in [0.2, 0.25) is 0 Å². The first-order valence-electron chi connectivity index (χ1n) is 11.4. The number of methoxy groups -OCH3 is 2. The molecule has 1 aromatic heterocycles. The van der Waals surface area contributed by atoms with Gasteiger partial charge in [0.05, 0.1) is 38.4 Å². The fraction of sp³-hybridized carbons (Fsp3) is 0.308. The quantitative estimate of drug-likeness (QED) is 0.469. The van der Waals surface area contributed by atoms with Crippen molar-refractivity contribution in [2.24, 2.45) is 0 Å². The first kappa shape index (κ1) is 24.7. The number of hydrogen-bond donors (Lipinski definition) is 2. The number of benzene rings is 2. The van der Waals surface area contributed by atoms with Gasteiger partial charge >= 0.3 is 0 Å². The van der Waals surface area contributed by atoms with Gasteiger partial charge in [-0.15, -0.1) is 11.3 Å². The van der Waals surface area contributed by atoms with E-state index in [0.29, 0.717) is 47.4 Å². The first-order valence-corrected chi connectivity index (χ1v) is 12.2. The summed E-state index contributed by atoms with van der Waals surface area (Å²) in [6.45, 7) is 3.21. The first-order chi connectivity index (χ1) is 17.1. The summed E-state index contributed by atoms with van der Waals surface area (Å²) in [6, 6.07) is 16.3. The number of carbonyl (C=O) groups excluding carboxylic acids is 2. The summed E-state index contributed by atoms with van der Waals surface area (Å²) >= 11 is 1.37. The molecule has 1 aliphatic rings. The highest BCUT2D eigenvalue weighted by Crippen LogP contribution is 2.32. The molecule has 4 rings (SSSR count). The van der Waals surface area contributed by atoms with Crippen molar-refractivity contribution in [3.05, 3.63) is 76.0 Å². The van der Waals surface area contributed by atoms with Crippen molar-refractivity contribution in [3.63, 3.8) is 0 Å². The van der Waals surface area contributed by atoms with E-state index in [1.165, 1.54) is 11.3 Å². The predicted octanol–water partition coefficient (Wildman–Crippen LogP) is 3.82. The van der Waals surface area contributed by atoms with Gasteiger partial charge in [-0.05, 0) is 47.3 Å². The summed E-state index contributed by atoms with van der Waals surface area (Å²) in [5.41, 5.74) is 2.06. The van der Waals surface area contributed by atoms with Crippen LogP contribution in [0.3, 0.4) is 0 Å². The maximum atomic E-state index is 13.0. The number of morpholine rings is 1. The van der Waals surface area contributed by atoms with Gasteiger partial charge in [-0.2, -0.15) is 0 Å². The molecule has 1 fully saturated rings. The maximum Gasteiger partial charge on any atom is 0.265 e. The van der Waals surface area contributed by atoms with Gasteiger partial charge in [0, 0.05) is 30.9 Å². The molecule has 0 spiro atoms. The number of hydrogen-bond acceptors (Lipinski definition) is 7. The van der Waals surface area contributed by atoms with Crippen molar-refractivity contribution < 1.29 is 23.8 Å². The maximum absolute atomic E-state index is 13.0. The number of amides is 2. The van der Waals surface area contributed by atoms with Crippen LogP contribution >= 0.6 is 11.3 Å². The van der Waals surface area contributed by atoms with Crippen molar-refractivity contribution in [2.75, 3.05) is 52.4 Å². The average Bonchev–Trinajstić information content (AvgIpc) is 3.45. The number of anilines is 1. The number of rotatable bonds is 9. The lowest BCUT2D eigenvalue weighted by Crippen LogP contribution is -2.43. The highest BCUT2D eigenvalue weighted by Gasteiger charge is 2.24. The number of ether oxygens (including phenoxy) is 3. The van der Waals surface area contributed by atoms with Crippen LogP contribution in [-0.4, -0.2) is 63.8 Å². The van der Waals surface area contributed by atoms with Crippen LogP contribution in [0.5, 0.6) is 11.5 Å². The van der Waals surface area contributed by atoms with Crippen LogP contribution in [0.2, 0.25) is 0 Å². The molecular weight excluding hydrogens is 466 g/mol. The summed E-state index contributed by atoms with van der Waals surface area (Å²) in [7, 11) is 3.21. The molecule has 2 heterocycles. The topological polar surface area (TPSA) is 89.1 Å². The van der Waals surface area contributed by atoms with E-state index >= 15 is 0 Å². The molecule has 1 unspecified atom stereocenters. The van der Waals surface area contributed by atoms with Crippen molar-refractivity contribution in [1.29, 1.82) is 0 Å². The molecule has 184 valence electrons. The average molecular weight is 496 g/mol. The van der Waals surface area contributed by atoms with Crippen LogP contribution in [0.25, 0.3) is 0 Å². The Morgan fingerprint density at radius 1 is 1.00 bits per heavy atom. The third-order valence-corrected chi connectivity index (χ3v) is 6.73. The molecule has 1 atom stereocenters. The zero-order valence-electron chi connectivity index (χ0n) is 19.8. The van der Waals surface area contributed by atoms with Crippen LogP contribution in [0.1, 0.15) is 31.6 Å². The highest BCUT2D eigenvalue weighted by molar-refractivity contribution is 7.12. The van der Waals surface area contributed by atoms with Crippen molar-refractivity contribution in [2.45, 2.75) is 6.04 Å². The van der Waals surface area contributed by atoms with Crippen molar-refractivity contribution in [1.82, 2.24) is 10.2 Å². The molecule has 0 saturated carbocycles. The number of nitrogens with zero attached hydrogens (tertiary/aromatic N) is 1. The summed E-state index contributed by atoms with van der Waals surface area (Å²) < 4.78 is 16.4. The minimum absolute atomic E-state index is 0.0654. The number of carbonyl (C=O) groups is 2. The monoisotopic (exact) mass is 495 g/mol. The van der Waals surface area contributed by atoms with Crippen LogP contribution in [0, 0.1) is 0 Å². The lowest BCUT2D eigenvalue weighted by atomic mass is 10.0.